The fourth-order valence-corrected chi connectivity index (χ4v) is 3.36. The molecule has 0 spiro atoms. The molecule has 1 heterocycles. The van der Waals surface area contributed by atoms with Crippen molar-refractivity contribution >= 4 is 12.8 Å². The Labute approximate surface area is 112 Å². The van der Waals surface area contributed by atoms with Crippen LogP contribution in [-0.4, -0.2) is 47.1 Å². The summed E-state index contributed by atoms with van der Waals surface area (Å²) in [5.41, 5.74) is 0. The molecule has 0 aromatic carbocycles. The van der Waals surface area contributed by atoms with E-state index in [9.17, 15) is 13.2 Å². The van der Waals surface area contributed by atoms with Gasteiger partial charge < -0.3 is 0 Å². The number of halogens is 3. The van der Waals surface area contributed by atoms with E-state index in [2.05, 4.69) is 19.7 Å². The molecule has 2 nitrogen and oxygen atoms in total. The largest absolute Gasteiger partial charge is 0.401 e. The molecule has 0 aromatic rings. The van der Waals surface area contributed by atoms with Gasteiger partial charge in [0.15, 0.2) is 0 Å². The molecule has 2 rings (SSSR count). The molecule has 1 aliphatic heterocycles. The molecule has 2 fully saturated rings. The van der Waals surface area contributed by atoms with Gasteiger partial charge in [-0.1, -0.05) is 19.7 Å². The summed E-state index contributed by atoms with van der Waals surface area (Å²) in [6, 6.07) is 0.136. The average Bonchev–Trinajstić information content (AvgIpc) is 2.22. The third-order valence-corrected chi connectivity index (χ3v) is 4.45. The molecule has 0 aromatic heterocycles. The van der Waals surface area contributed by atoms with E-state index in [0.717, 1.165) is 25.7 Å². The minimum Gasteiger partial charge on any atom is -0.286 e. The highest BCUT2D eigenvalue weighted by molar-refractivity contribution is 7.77. The first-order valence-electron chi connectivity index (χ1n) is 6.61. The van der Waals surface area contributed by atoms with Crippen molar-refractivity contribution in [1.29, 1.82) is 0 Å². The summed E-state index contributed by atoms with van der Waals surface area (Å²) < 4.78 is 39.8. The van der Waals surface area contributed by atoms with Gasteiger partial charge in [0.05, 0.1) is 6.54 Å². The lowest BCUT2D eigenvalue weighted by Gasteiger charge is -2.47. The van der Waals surface area contributed by atoms with Gasteiger partial charge in [0.1, 0.15) is 0 Å². The predicted molar refractivity (Wildman–Crippen MR) is 68.5 cm³/mol. The monoisotopic (exact) mass is 282 g/mol. The fraction of sp³-hybridized carbons (Fsp3) is 1.00. The molecule has 6 heteroatoms. The van der Waals surface area contributed by atoms with Crippen LogP contribution in [-0.2, 0) is 0 Å². The van der Waals surface area contributed by atoms with Crippen molar-refractivity contribution in [1.82, 2.24) is 9.21 Å². The summed E-state index contributed by atoms with van der Waals surface area (Å²) >= 11 is 4.15. The van der Waals surface area contributed by atoms with E-state index in [4.69, 9.17) is 0 Å². The highest BCUT2D eigenvalue weighted by atomic mass is 32.1. The van der Waals surface area contributed by atoms with Crippen molar-refractivity contribution in [2.24, 2.45) is 5.92 Å². The van der Waals surface area contributed by atoms with Crippen molar-refractivity contribution in [3.05, 3.63) is 0 Å². The van der Waals surface area contributed by atoms with E-state index in [1.165, 1.54) is 0 Å². The number of thiol groups is 1. The standard InChI is InChI=1S/C12H21F3N2S/c1-9-2-4-10(5-3-9)17(8-12(13,14)15)11-6-16(18)7-11/h9-11,18H,2-8H2,1H3. The molecule has 0 atom stereocenters. The zero-order chi connectivity index (χ0) is 13.3. The molecular formula is C12H21F3N2S. The number of hydrogen-bond donors (Lipinski definition) is 1. The maximum absolute atomic E-state index is 12.7. The summed E-state index contributed by atoms with van der Waals surface area (Å²) in [7, 11) is 0. The van der Waals surface area contributed by atoms with Crippen LogP contribution in [0.2, 0.25) is 0 Å². The summed E-state index contributed by atoms with van der Waals surface area (Å²) in [6.45, 7) is 2.71. The van der Waals surface area contributed by atoms with Crippen LogP contribution in [0.4, 0.5) is 13.2 Å². The van der Waals surface area contributed by atoms with Crippen LogP contribution in [0.1, 0.15) is 32.6 Å². The van der Waals surface area contributed by atoms with Crippen molar-refractivity contribution < 1.29 is 13.2 Å². The Balaban J connectivity index is 1.95. The topological polar surface area (TPSA) is 6.48 Å². The first kappa shape index (κ1) is 14.5. The van der Waals surface area contributed by atoms with Crippen LogP contribution >= 0.6 is 12.8 Å². The van der Waals surface area contributed by atoms with Crippen molar-refractivity contribution in [2.75, 3.05) is 19.6 Å². The maximum Gasteiger partial charge on any atom is 0.401 e. The second-order valence-electron chi connectivity index (χ2n) is 5.73. The smallest absolute Gasteiger partial charge is 0.286 e. The SMILES string of the molecule is CC1CCC(N(CC(F)(F)F)C2CN(S)C2)CC1. The Morgan fingerprint density at radius 2 is 1.67 bits per heavy atom. The van der Waals surface area contributed by atoms with Gasteiger partial charge in [-0.2, -0.15) is 13.2 Å². The molecule has 1 saturated carbocycles. The zero-order valence-electron chi connectivity index (χ0n) is 10.7. The maximum atomic E-state index is 12.7. The van der Waals surface area contributed by atoms with E-state index < -0.39 is 12.7 Å². The van der Waals surface area contributed by atoms with Gasteiger partial charge >= 0.3 is 6.18 Å². The molecule has 0 unspecified atom stereocenters. The van der Waals surface area contributed by atoms with Crippen LogP contribution in [0.15, 0.2) is 0 Å². The third-order valence-electron chi connectivity index (χ3n) is 4.13. The van der Waals surface area contributed by atoms with E-state index in [1.54, 1.807) is 9.21 Å². The Kier molecular flexibility index (Phi) is 4.49. The average molecular weight is 282 g/mol. The van der Waals surface area contributed by atoms with Crippen LogP contribution in [0.25, 0.3) is 0 Å². The minimum atomic E-state index is -4.10. The van der Waals surface area contributed by atoms with Crippen LogP contribution in [0, 0.1) is 5.92 Å². The van der Waals surface area contributed by atoms with E-state index in [0.29, 0.717) is 19.0 Å². The molecule has 0 amide bonds. The first-order chi connectivity index (χ1) is 8.35. The summed E-state index contributed by atoms with van der Waals surface area (Å²) in [6.07, 6.45) is -0.187. The van der Waals surface area contributed by atoms with Crippen LogP contribution in [0.5, 0.6) is 0 Å². The number of hydrogen-bond acceptors (Lipinski definition) is 3. The van der Waals surface area contributed by atoms with Gasteiger partial charge in [-0.25, -0.2) is 0 Å². The molecule has 1 aliphatic carbocycles. The van der Waals surface area contributed by atoms with Crippen molar-refractivity contribution in [3.8, 4) is 0 Å². The molecule has 106 valence electrons. The Hall–Kier alpha value is 0.0600. The van der Waals surface area contributed by atoms with Gasteiger partial charge in [-0.15, -0.1) is 0 Å². The summed E-state index contributed by atoms with van der Waals surface area (Å²) in [5.74, 6) is 0.664. The minimum absolute atomic E-state index is 0.0301. The van der Waals surface area contributed by atoms with E-state index >= 15 is 0 Å². The Morgan fingerprint density at radius 3 is 2.11 bits per heavy atom. The first-order valence-corrected chi connectivity index (χ1v) is 7.01. The number of nitrogens with zero attached hydrogens (tertiary/aromatic N) is 2. The van der Waals surface area contributed by atoms with E-state index in [-0.39, 0.29) is 12.1 Å². The Bertz CT molecular complexity index is 271. The molecule has 0 radical (unpaired) electrons. The lowest BCUT2D eigenvalue weighted by molar-refractivity contribution is -0.163. The summed E-state index contributed by atoms with van der Waals surface area (Å²) in [4.78, 5) is 1.68. The van der Waals surface area contributed by atoms with Gasteiger partial charge in [0.25, 0.3) is 0 Å². The second kappa shape index (κ2) is 5.59. The predicted octanol–water partition coefficient (Wildman–Crippen LogP) is 2.96. The molecule has 2 aliphatic rings. The molecular weight excluding hydrogens is 261 g/mol. The molecule has 1 saturated heterocycles. The van der Waals surface area contributed by atoms with Crippen molar-refractivity contribution in [3.63, 3.8) is 0 Å². The van der Waals surface area contributed by atoms with Gasteiger partial charge in [0.2, 0.25) is 0 Å². The third kappa shape index (κ3) is 3.78. The highest BCUT2D eigenvalue weighted by Crippen LogP contribution is 2.32. The van der Waals surface area contributed by atoms with Crippen molar-refractivity contribution in [2.45, 2.75) is 50.9 Å². The molecule has 18 heavy (non-hydrogen) atoms. The van der Waals surface area contributed by atoms with Gasteiger partial charge in [0, 0.05) is 25.2 Å². The van der Waals surface area contributed by atoms with Gasteiger partial charge in [-0.05, 0) is 31.6 Å². The molecule has 0 N–H and O–H groups in total. The zero-order valence-corrected chi connectivity index (χ0v) is 11.6. The normalized spacial score (nSPS) is 31.7. The number of alkyl halides is 3. The fourth-order valence-electron chi connectivity index (χ4n) is 2.98. The quantitative estimate of drug-likeness (QED) is 0.795. The second-order valence-corrected chi connectivity index (χ2v) is 6.29. The summed E-state index contributed by atoms with van der Waals surface area (Å²) in [5, 5.41) is 0. The molecule has 0 bridgehead atoms. The number of rotatable bonds is 3. The lowest BCUT2D eigenvalue weighted by atomic mass is 9.85. The van der Waals surface area contributed by atoms with Crippen LogP contribution in [0.3, 0.4) is 0 Å². The van der Waals surface area contributed by atoms with Crippen LogP contribution < -0.4 is 0 Å². The Morgan fingerprint density at radius 1 is 1.11 bits per heavy atom. The lowest BCUT2D eigenvalue weighted by Crippen LogP contribution is -2.61. The highest BCUT2D eigenvalue weighted by Gasteiger charge is 2.41. The van der Waals surface area contributed by atoms with Gasteiger partial charge in [-0.3, -0.25) is 9.21 Å². The van der Waals surface area contributed by atoms with E-state index in [1.807, 2.05) is 0 Å².